The molecule has 7 fully saturated rings. The summed E-state index contributed by atoms with van der Waals surface area (Å²) in [5, 5.41) is 106. The number of aliphatic hydroxyl groups excluding tert-OH is 9. The van der Waals surface area contributed by atoms with E-state index in [1.165, 1.54) is 5.57 Å². The molecule has 3 heterocycles. The maximum atomic E-state index is 13.1. The molecular formula is C47H76O17. The first-order valence-corrected chi connectivity index (χ1v) is 23.7. The number of aliphatic hydroxyl groups is 9. The average molecular weight is 913 g/mol. The lowest BCUT2D eigenvalue weighted by atomic mass is 9.33. The van der Waals surface area contributed by atoms with Gasteiger partial charge in [-0.15, -0.1) is 0 Å². The summed E-state index contributed by atoms with van der Waals surface area (Å²) in [4.78, 5) is 13.1. The molecule has 22 atom stereocenters. The van der Waals surface area contributed by atoms with Crippen molar-refractivity contribution in [2.75, 3.05) is 19.8 Å². The summed E-state index contributed by atoms with van der Waals surface area (Å²) in [5.74, 6) is -0.0215. The summed E-state index contributed by atoms with van der Waals surface area (Å²) in [5.41, 5.74) is 0.136. The van der Waals surface area contributed by atoms with Crippen molar-refractivity contribution in [2.45, 2.75) is 205 Å². The Balaban J connectivity index is 0.934. The summed E-state index contributed by atoms with van der Waals surface area (Å²) in [6.07, 6.45) is -11.0. The molecule has 3 saturated heterocycles. The number of carboxylic acid groups (broad SMARTS) is 1. The van der Waals surface area contributed by atoms with Crippen LogP contribution >= 0.6 is 0 Å². The number of carbonyl (C=O) groups is 1. The summed E-state index contributed by atoms with van der Waals surface area (Å²) in [6.45, 7) is 15.0. The Kier molecular flexibility index (Phi) is 13.2. The molecule has 366 valence electrons. The summed E-state index contributed by atoms with van der Waals surface area (Å²) >= 11 is 0. The third kappa shape index (κ3) is 7.76. The molecule has 8 rings (SSSR count). The normalized spacial score (nSPS) is 53.5. The molecule has 0 unspecified atom stereocenters. The van der Waals surface area contributed by atoms with E-state index in [1.54, 1.807) is 0 Å². The minimum absolute atomic E-state index is 0.0313. The van der Waals surface area contributed by atoms with E-state index in [-0.39, 0.29) is 40.1 Å². The number of carboxylic acids is 1. The molecule has 0 spiro atoms. The topological polar surface area (TPSA) is 275 Å². The van der Waals surface area contributed by atoms with Gasteiger partial charge in [-0.2, -0.15) is 0 Å². The van der Waals surface area contributed by atoms with Crippen molar-refractivity contribution in [1.29, 1.82) is 0 Å². The van der Waals surface area contributed by atoms with E-state index in [2.05, 4.69) is 54.5 Å². The molecular weight excluding hydrogens is 836 g/mol. The summed E-state index contributed by atoms with van der Waals surface area (Å²) in [7, 11) is 0. The Morgan fingerprint density at radius 1 is 0.656 bits per heavy atom. The molecule has 0 aromatic heterocycles. The second kappa shape index (κ2) is 17.2. The molecule has 17 nitrogen and oxygen atoms in total. The molecule has 8 aliphatic rings. The molecule has 3 aliphatic heterocycles. The van der Waals surface area contributed by atoms with Crippen LogP contribution in [0, 0.1) is 50.2 Å². The van der Waals surface area contributed by atoms with Gasteiger partial charge >= 0.3 is 5.97 Å². The molecule has 0 bridgehead atoms. The molecule has 64 heavy (non-hydrogen) atoms. The van der Waals surface area contributed by atoms with E-state index in [0.717, 1.165) is 51.4 Å². The Morgan fingerprint density at radius 3 is 1.88 bits per heavy atom. The molecule has 4 saturated carbocycles. The lowest BCUT2D eigenvalue weighted by Crippen LogP contribution is -2.66. The van der Waals surface area contributed by atoms with Crippen molar-refractivity contribution in [3.63, 3.8) is 0 Å². The van der Waals surface area contributed by atoms with Gasteiger partial charge in [0.2, 0.25) is 0 Å². The van der Waals surface area contributed by atoms with Gasteiger partial charge in [-0.05, 0) is 109 Å². The quantitative estimate of drug-likeness (QED) is 0.116. The van der Waals surface area contributed by atoms with Crippen molar-refractivity contribution in [2.24, 2.45) is 50.2 Å². The molecule has 0 radical (unpaired) electrons. The highest BCUT2D eigenvalue weighted by Gasteiger charge is 2.69. The van der Waals surface area contributed by atoms with Crippen LogP contribution in [0.3, 0.4) is 0 Å². The van der Waals surface area contributed by atoms with E-state index in [4.69, 9.17) is 28.4 Å². The van der Waals surface area contributed by atoms with Crippen LogP contribution in [0.15, 0.2) is 11.6 Å². The summed E-state index contributed by atoms with van der Waals surface area (Å²) < 4.78 is 35.0. The molecule has 5 aliphatic carbocycles. The first-order valence-electron chi connectivity index (χ1n) is 23.7. The second-order valence-electron chi connectivity index (χ2n) is 23.1. The van der Waals surface area contributed by atoms with Crippen LogP contribution in [0.2, 0.25) is 0 Å². The first kappa shape index (κ1) is 49.0. The minimum Gasteiger partial charge on any atom is -0.481 e. The highest BCUT2D eigenvalue weighted by molar-refractivity contribution is 5.76. The van der Waals surface area contributed by atoms with Crippen LogP contribution in [0.25, 0.3) is 0 Å². The molecule has 0 aromatic rings. The van der Waals surface area contributed by atoms with Crippen molar-refractivity contribution in [1.82, 2.24) is 0 Å². The van der Waals surface area contributed by atoms with Crippen LogP contribution in [-0.2, 0) is 33.2 Å². The molecule has 0 aromatic carbocycles. The van der Waals surface area contributed by atoms with Crippen molar-refractivity contribution >= 4 is 5.97 Å². The van der Waals surface area contributed by atoms with E-state index >= 15 is 0 Å². The van der Waals surface area contributed by atoms with Crippen LogP contribution in [-0.4, -0.2) is 169 Å². The SMILES string of the molecule is CC1(C)CC[C@]2(C(=O)O)CC[C@]3(C)C(=CC[C@@H]4[C@@]5(C)CC[C@H](O[C@@H]6O[C@H](CO[C@@H]7O[C@H](CO[C@@H]8OC[C@@H](O)[C@H](O)[C@H]8O)[C@@H](O)[C@H](O)[C@H]7O)[C@@H](O)[C@H](O)[C@H]6O)C(C)(C)[C@@H]5CC[C@]43C)[C@@H]2C1. The molecule has 17 heteroatoms. The number of ether oxygens (including phenoxy) is 6. The van der Waals surface area contributed by atoms with E-state index in [0.29, 0.717) is 18.8 Å². The van der Waals surface area contributed by atoms with Crippen molar-refractivity contribution in [3.8, 4) is 0 Å². The standard InChI is InChI=1S/C47H76O17/c1-42(2)14-16-47(41(57)58)17-15-45(6)22(23(47)18-42)8-9-28-44(5)12-11-29(43(3,4)27(44)10-13-46(28,45)7)64-40-37(56)34(53)32(51)26(63-40)21-61-39-36(55)33(52)31(50)25(62-39)20-60-38-35(54)30(49)24(48)19-59-38/h8,23-40,48-56H,9-21H2,1-7H3,(H,57,58)/t23-,24+,25+,26+,27-,28+,29-,30-,31+,32+,33-,34-,35+,36+,37+,38-,39+,40-,44-,45+,46+,47-/m0/s1. The number of rotatable bonds is 9. The van der Waals surface area contributed by atoms with E-state index < -0.39 is 122 Å². The van der Waals surface area contributed by atoms with Gasteiger partial charge in [-0.1, -0.05) is 60.1 Å². The zero-order chi connectivity index (χ0) is 46.7. The number of aliphatic carboxylic acids is 1. The Bertz CT molecular complexity index is 1740. The largest absolute Gasteiger partial charge is 0.481 e. The third-order valence-corrected chi connectivity index (χ3v) is 18.9. The maximum absolute atomic E-state index is 13.1. The van der Waals surface area contributed by atoms with Gasteiger partial charge in [0, 0.05) is 0 Å². The monoisotopic (exact) mass is 913 g/mol. The first-order chi connectivity index (χ1) is 29.8. The van der Waals surface area contributed by atoms with Gasteiger partial charge in [-0.25, -0.2) is 0 Å². The number of hydrogen-bond acceptors (Lipinski definition) is 16. The fraction of sp³-hybridized carbons (Fsp3) is 0.936. The van der Waals surface area contributed by atoms with Gasteiger partial charge in [0.25, 0.3) is 0 Å². The van der Waals surface area contributed by atoms with Crippen LogP contribution < -0.4 is 0 Å². The highest BCUT2D eigenvalue weighted by Crippen LogP contribution is 2.76. The molecule has 0 amide bonds. The van der Waals surface area contributed by atoms with Gasteiger partial charge < -0.3 is 79.5 Å². The lowest BCUT2D eigenvalue weighted by molar-refractivity contribution is -0.348. The van der Waals surface area contributed by atoms with E-state index in [1.807, 2.05) is 0 Å². The third-order valence-electron chi connectivity index (χ3n) is 18.9. The average Bonchev–Trinajstić information content (AvgIpc) is 3.23. The second-order valence-corrected chi connectivity index (χ2v) is 23.1. The van der Waals surface area contributed by atoms with Crippen LogP contribution in [0.4, 0.5) is 0 Å². The Morgan fingerprint density at radius 2 is 1.23 bits per heavy atom. The number of fused-ring (bicyclic) bond motifs is 7. The Hall–Kier alpha value is -1.39. The number of allylic oxidation sites excluding steroid dienone is 2. The highest BCUT2D eigenvalue weighted by atomic mass is 16.7. The van der Waals surface area contributed by atoms with Crippen molar-refractivity contribution in [3.05, 3.63) is 11.6 Å². The van der Waals surface area contributed by atoms with Gasteiger partial charge in [0.15, 0.2) is 18.9 Å². The summed E-state index contributed by atoms with van der Waals surface area (Å²) in [6, 6.07) is 0. The van der Waals surface area contributed by atoms with Gasteiger partial charge in [0.05, 0.1) is 31.3 Å². The Labute approximate surface area is 376 Å². The van der Waals surface area contributed by atoms with Crippen LogP contribution in [0.1, 0.15) is 113 Å². The van der Waals surface area contributed by atoms with Crippen molar-refractivity contribution < 1.29 is 84.3 Å². The van der Waals surface area contributed by atoms with Crippen LogP contribution in [0.5, 0.6) is 0 Å². The minimum atomic E-state index is -1.77. The predicted molar refractivity (Wildman–Crippen MR) is 225 cm³/mol. The van der Waals surface area contributed by atoms with Gasteiger partial charge in [0.1, 0.15) is 67.1 Å². The number of hydrogen-bond donors (Lipinski definition) is 10. The predicted octanol–water partition coefficient (Wildman–Crippen LogP) is 1.35. The lowest BCUT2D eigenvalue weighted by Gasteiger charge is -2.71. The zero-order valence-corrected chi connectivity index (χ0v) is 38.5. The maximum Gasteiger partial charge on any atom is 0.310 e. The fourth-order valence-electron chi connectivity index (χ4n) is 14.7. The zero-order valence-electron chi connectivity index (χ0n) is 38.5. The van der Waals surface area contributed by atoms with Gasteiger partial charge in [-0.3, -0.25) is 4.79 Å². The van der Waals surface area contributed by atoms with E-state index in [9.17, 15) is 55.9 Å². The smallest absolute Gasteiger partial charge is 0.310 e. The fourth-order valence-corrected chi connectivity index (χ4v) is 14.7. The molecule has 10 N–H and O–H groups in total.